The van der Waals surface area contributed by atoms with Crippen molar-refractivity contribution < 1.29 is 13.5 Å². The molecule has 118 valence electrons. The maximum absolute atomic E-state index is 12.7. The Kier molecular flexibility index (Phi) is 4.68. The lowest BCUT2D eigenvalue weighted by molar-refractivity contribution is 0.223. The minimum atomic E-state index is -3.61. The van der Waals surface area contributed by atoms with Crippen molar-refractivity contribution in [1.82, 2.24) is 0 Å². The summed E-state index contributed by atoms with van der Waals surface area (Å²) < 4.78 is 26.1. The quantitative estimate of drug-likeness (QED) is 0.694. The normalized spacial score (nSPS) is 13.0. The molecule has 2 aromatic carbocycles. The monoisotopic (exact) mass is 408 g/mol. The van der Waals surface area contributed by atoms with Crippen molar-refractivity contribution in [2.45, 2.75) is 15.9 Å². The third kappa shape index (κ3) is 3.26. The average molecular weight is 409 g/mol. The molecule has 0 amide bonds. The zero-order valence-corrected chi connectivity index (χ0v) is 15.1. The van der Waals surface area contributed by atoms with E-state index in [0.29, 0.717) is 10.0 Å². The molecule has 0 aliphatic carbocycles. The summed E-state index contributed by atoms with van der Waals surface area (Å²) in [6, 6.07) is 16.7. The van der Waals surface area contributed by atoms with E-state index in [-0.39, 0.29) is 9.79 Å². The van der Waals surface area contributed by atoms with Crippen molar-refractivity contribution in [3.05, 3.63) is 81.0 Å². The van der Waals surface area contributed by atoms with E-state index in [1.165, 1.54) is 23.5 Å². The van der Waals surface area contributed by atoms with Gasteiger partial charge in [0, 0.05) is 14.9 Å². The molecule has 0 spiro atoms. The molecule has 1 atom stereocenters. The molecule has 0 aliphatic heterocycles. The van der Waals surface area contributed by atoms with E-state index in [2.05, 4.69) is 15.9 Å². The lowest BCUT2D eigenvalue weighted by Crippen LogP contribution is -2.05. The van der Waals surface area contributed by atoms with Gasteiger partial charge in [0.15, 0.2) is 0 Å². The first-order valence-corrected chi connectivity index (χ1v) is 9.97. The van der Waals surface area contributed by atoms with Crippen molar-refractivity contribution >= 4 is 37.1 Å². The second-order valence-corrected chi connectivity index (χ2v) is 8.70. The highest BCUT2D eigenvalue weighted by molar-refractivity contribution is 9.10. The van der Waals surface area contributed by atoms with Gasteiger partial charge in [-0.3, -0.25) is 0 Å². The van der Waals surface area contributed by atoms with Crippen molar-refractivity contribution in [2.75, 3.05) is 0 Å². The first kappa shape index (κ1) is 16.4. The maximum Gasteiger partial charge on any atom is 0.206 e. The lowest BCUT2D eigenvalue weighted by Gasteiger charge is -2.13. The number of rotatable bonds is 4. The highest BCUT2D eigenvalue weighted by atomic mass is 79.9. The molecule has 1 unspecified atom stereocenters. The molecule has 6 heteroatoms. The number of hydrogen-bond acceptors (Lipinski definition) is 4. The van der Waals surface area contributed by atoms with E-state index in [4.69, 9.17) is 0 Å². The molecule has 3 rings (SSSR count). The number of aliphatic hydroxyl groups is 1. The van der Waals surface area contributed by atoms with Crippen LogP contribution in [0.15, 0.2) is 80.3 Å². The summed E-state index contributed by atoms with van der Waals surface area (Å²) in [6.07, 6.45) is -0.865. The molecule has 0 bridgehead atoms. The molecular formula is C17H13BrO3S2. The van der Waals surface area contributed by atoms with Gasteiger partial charge in [-0.1, -0.05) is 40.2 Å². The third-order valence-electron chi connectivity index (χ3n) is 3.44. The molecule has 0 saturated heterocycles. The van der Waals surface area contributed by atoms with Crippen LogP contribution in [0.25, 0.3) is 0 Å². The highest BCUT2D eigenvalue weighted by Crippen LogP contribution is 2.33. The number of halogens is 1. The molecule has 3 aromatic rings. The summed E-state index contributed by atoms with van der Waals surface area (Å²) in [7, 11) is -3.61. The van der Waals surface area contributed by atoms with Crippen LogP contribution in [0.1, 0.15) is 16.5 Å². The van der Waals surface area contributed by atoms with E-state index in [9.17, 15) is 13.5 Å². The Morgan fingerprint density at radius 1 is 0.957 bits per heavy atom. The predicted molar refractivity (Wildman–Crippen MR) is 94.4 cm³/mol. The van der Waals surface area contributed by atoms with Gasteiger partial charge < -0.3 is 5.11 Å². The molecule has 0 saturated carbocycles. The van der Waals surface area contributed by atoms with Crippen molar-refractivity contribution in [2.24, 2.45) is 0 Å². The minimum Gasteiger partial charge on any atom is -0.383 e. The maximum atomic E-state index is 12.7. The van der Waals surface area contributed by atoms with E-state index in [1.54, 1.807) is 36.4 Å². The van der Waals surface area contributed by atoms with Gasteiger partial charge in [0.25, 0.3) is 0 Å². The second kappa shape index (κ2) is 6.57. The smallest absolute Gasteiger partial charge is 0.206 e. The first-order valence-electron chi connectivity index (χ1n) is 6.81. The number of sulfone groups is 1. The Bertz CT molecular complexity index is 904. The van der Waals surface area contributed by atoms with Gasteiger partial charge in [0.2, 0.25) is 9.84 Å². The summed E-state index contributed by atoms with van der Waals surface area (Å²) in [5.74, 6) is 0. The Morgan fingerprint density at radius 2 is 1.70 bits per heavy atom. The Morgan fingerprint density at radius 3 is 2.35 bits per heavy atom. The first-order chi connectivity index (χ1) is 11.0. The van der Waals surface area contributed by atoms with Crippen LogP contribution in [0.4, 0.5) is 0 Å². The summed E-state index contributed by atoms with van der Waals surface area (Å²) in [6.45, 7) is 0. The molecule has 0 aliphatic rings. The van der Waals surface area contributed by atoms with Gasteiger partial charge in [0.05, 0.1) is 9.79 Å². The van der Waals surface area contributed by atoms with Crippen LogP contribution in [0.5, 0.6) is 0 Å². The van der Waals surface area contributed by atoms with Crippen LogP contribution < -0.4 is 0 Å². The summed E-state index contributed by atoms with van der Waals surface area (Å²) in [4.78, 5) is 1.16. The predicted octanol–water partition coefficient (Wildman–Crippen LogP) is 4.43. The highest BCUT2D eigenvalue weighted by Gasteiger charge is 2.21. The van der Waals surface area contributed by atoms with Gasteiger partial charge in [-0.15, -0.1) is 11.3 Å². The van der Waals surface area contributed by atoms with Crippen LogP contribution in [-0.2, 0) is 9.84 Å². The number of aliphatic hydroxyl groups excluding tert-OH is 1. The van der Waals surface area contributed by atoms with Gasteiger partial charge in [0.1, 0.15) is 6.10 Å². The van der Waals surface area contributed by atoms with Gasteiger partial charge in [-0.05, 0) is 41.8 Å². The molecule has 1 aromatic heterocycles. The van der Waals surface area contributed by atoms with E-state index >= 15 is 0 Å². The zero-order chi connectivity index (χ0) is 16.4. The number of thiophene rings is 1. The van der Waals surface area contributed by atoms with Crippen LogP contribution in [0.2, 0.25) is 0 Å². The van der Waals surface area contributed by atoms with Crippen LogP contribution in [0.3, 0.4) is 0 Å². The van der Waals surface area contributed by atoms with Crippen LogP contribution >= 0.6 is 27.3 Å². The summed E-state index contributed by atoms with van der Waals surface area (Å²) in [5, 5.41) is 12.4. The fraction of sp³-hybridized carbons (Fsp3) is 0.0588. The Labute approximate surface area is 147 Å². The van der Waals surface area contributed by atoms with Crippen LogP contribution in [0, 0.1) is 0 Å². The van der Waals surface area contributed by atoms with Gasteiger partial charge >= 0.3 is 0 Å². The summed E-state index contributed by atoms with van der Waals surface area (Å²) in [5.41, 5.74) is 0.532. The second-order valence-electron chi connectivity index (χ2n) is 4.92. The number of benzene rings is 2. The molecule has 1 N–H and O–H groups in total. The Hall–Kier alpha value is -1.47. The van der Waals surface area contributed by atoms with Crippen molar-refractivity contribution in [3.63, 3.8) is 0 Å². The van der Waals surface area contributed by atoms with E-state index in [1.807, 2.05) is 17.5 Å². The van der Waals surface area contributed by atoms with Crippen LogP contribution in [-0.4, -0.2) is 13.5 Å². The summed E-state index contributed by atoms with van der Waals surface area (Å²) >= 11 is 4.81. The molecule has 23 heavy (non-hydrogen) atoms. The van der Waals surface area contributed by atoms with E-state index in [0.717, 1.165) is 4.88 Å². The molecule has 3 nitrogen and oxygen atoms in total. The zero-order valence-electron chi connectivity index (χ0n) is 11.9. The van der Waals surface area contributed by atoms with E-state index < -0.39 is 15.9 Å². The van der Waals surface area contributed by atoms with Gasteiger partial charge in [-0.25, -0.2) is 8.42 Å². The molecule has 0 fully saturated rings. The molecule has 1 heterocycles. The SMILES string of the molecule is O=S(=O)(c1ccccc1)c1ccc(Br)c(C(O)c2cccs2)c1. The molecule has 0 radical (unpaired) electrons. The Balaban J connectivity index is 2.08. The van der Waals surface area contributed by atoms with Crippen molar-refractivity contribution in [3.8, 4) is 0 Å². The average Bonchev–Trinajstić information content (AvgIpc) is 3.10. The fourth-order valence-corrected chi connectivity index (χ4v) is 4.74. The largest absolute Gasteiger partial charge is 0.383 e. The lowest BCUT2D eigenvalue weighted by atomic mass is 10.1. The van der Waals surface area contributed by atoms with Gasteiger partial charge in [-0.2, -0.15) is 0 Å². The topological polar surface area (TPSA) is 54.4 Å². The standard InChI is InChI=1S/C17H13BrO3S2/c18-15-9-8-13(23(20,21)12-5-2-1-3-6-12)11-14(15)17(19)16-7-4-10-22-16/h1-11,17,19H. The number of hydrogen-bond donors (Lipinski definition) is 1. The van der Waals surface area contributed by atoms with Crippen molar-refractivity contribution in [1.29, 1.82) is 0 Å². The minimum absolute atomic E-state index is 0.164. The fourth-order valence-electron chi connectivity index (χ4n) is 2.23. The third-order valence-corrected chi connectivity index (χ3v) is 6.85. The molecular weight excluding hydrogens is 396 g/mol.